The Morgan fingerprint density at radius 2 is 0.880 bits per heavy atom. The highest BCUT2D eigenvalue weighted by Crippen LogP contribution is 2.13. The number of carbonyl (C=O) groups excluding carboxylic acids is 2. The fourth-order valence-electron chi connectivity index (χ4n) is 5.15. The van der Waals surface area contributed by atoms with Gasteiger partial charge in [-0.1, -0.05) is 157 Å². The summed E-state index contributed by atoms with van der Waals surface area (Å²) in [5.74, 6) is -0.671. The number of esters is 2. The summed E-state index contributed by atoms with van der Waals surface area (Å²) in [4.78, 5) is 24.3. The van der Waals surface area contributed by atoms with Crippen LogP contribution in [0, 0.1) is 0 Å². The molecular formula is C45H74O5. The monoisotopic (exact) mass is 695 g/mol. The lowest BCUT2D eigenvalue weighted by Crippen LogP contribution is -2.28. The van der Waals surface area contributed by atoms with Gasteiger partial charge in [0.25, 0.3) is 0 Å². The number of aliphatic hydroxyl groups excluding tert-OH is 1. The van der Waals surface area contributed by atoms with Crippen LogP contribution < -0.4 is 0 Å². The van der Waals surface area contributed by atoms with Gasteiger partial charge in [0, 0.05) is 12.8 Å². The summed E-state index contributed by atoms with van der Waals surface area (Å²) in [6.45, 7) is 3.93. The normalized spacial score (nSPS) is 13.1. The SMILES string of the molecule is CCC=CCC=CCC=CCC=CCC=CCCCC(=O)OCC(CO)OC(=O)CCCCCCCCCCCC=CCC=CCCCCC. The first-order chi connectivity index (χ1) is 24.6. The zero-order valence-electron chi connectivity index (χ0n) is 32.1. The van der Waals surface area contributed by atoms with Crippen molar-refractivity contribution in [2.24, 2.45) is 0 Å². The molecule has 284 valence electrons. The molecule has 5 nitrogen and oxygen atoms in total. The molecular weight excluding hydrogens is 620 g/mol. The molecule has 0 spiro atoms. The molecule has 0 aliphatic heterocycles. The van der Waals surface area contributed by atoms with Gasteiger partial charge in [-0.15, -0.1) is 0 Å². The molecule has 0 aliphatic carbocycles. The Balaban J connectivity index is 3.67. The average molecular weight is 695 g/mol. The maximum atomic E-state index is 12.2. The van der Waals surface area contributed by atoms with E-state index in [9.17, 15) is 14.7 Å². The van der Waals surface area contributed by atoms with Gasteiger partial charge in [0.2, 0.25) is 0 Å². The van der Waals surface area contributed by atoms with E-state index in [1.807, 2.05) is 0 Å². The van der Waals surface area contributed by atoms with Crippen LogP contribution >= 0.6 is 0 Å². The molecule has 0 heterocycles. The molecule has 1 N–H and O–H groups in total. The summed E-state index contributed by atoms with van der Waals surface area (Å²) in [6.07, 6.45) is 55.0. The Bertz CT molecular complexity index is 968. The van der Waals surface area contributed by atoms with Gasteiger partial charge >= 0.3 is 11.9 Å². The van der Waals surface area contributed by atoms with Crippen LogP contribution in [0.1, 0.15) is 168 Å². The Morgan fingerprint density at radius 3 is 1.36 bits per heavy atom. The molecule has 0 saturated carbocycles. The van der Waals surface area contributed by atoms with Gasteiger partial charge in [0.1, 0.15) is 6.61 Å². The number of hydrogen-bond donors (Lipinski definition) is 1. The smallest absolute Gasteiger partial charge is 0.306 e. The van der Waals surface area contributed by atoms with E-state index in [2.05, 4.69) is 98.9 Å². The Labute approximate surface area is 307 Å². The molecule has 50 heavy (non-hydrogen) atoms. The van der Waals surface area contributed by atoms with Crippen molar-refractivity contribution in [1.29, 1.82) is 0 Å². The van der Waals surface area contributed by atoms with Crippen molar-refractivity contribution >= 4 is 11.9 Å². The second-order valence-electron chi connectivity index (χ2n) is 13.0. The minimum absolute atomic E-state index is 0.102. The summed E-state index contributed by atoms with van der Waals surface area (Å²) in [5, 5.41) is 9.56. The summed E-state index contributed by atoms with van der Waals surface area (Å²) in [6, 6.07) is 0. The predicted molar refractivity (Wildman–Crippen MR) is 214 cm³/mol. The first kappa shape index (κ1) is 47.1. The largest absolute Gasteiger partial charge is 0.462 e. The maximum absolute atomic E-state index is 12.2. The second-order valence-corrected chi connectivity index (χ2v) is 13.0. The maximum Gasteiger partial charge on any atom is 0.306 e. The van der Waals surface area contributed by atoms with Gasteiger partial charge in [0.15, 0.2) is 6.10 Å². The molecule has 0 bridgehead atoms. The number of carbonyl (C=O) groups is 2. The standard InChI is InChI=1S/C45H74O5/c1-3-5-7-9-11-13-15-17-19-21-22-24-26-28-30-32-34-36-38-40-45(48)50-43(41-46)42-49-44(47)39-37-35-33-31-29-27-25-23-20-18-16-14-12-10-8-6-4-2/h6,8,11-14,17-20,25,27,31,33,43,46H,3-5,7,9-10,15-16,21-24,26,28-30,32,34-42H2,1-2H3. The van der Waals surface area contributed by atoms with Crippen molar-refractivity contribution in [3.63, 3.8) is 0 Å². The molecule has 1 unspecified atom stereocenters. The van der Waals surface area contributed by atoms with Crippen LogP contribution in [0.4, 0.5) is 0 Å². The lowest BCUT2D eigenvalue weighted by atomic mass is 10.1. The molecule has 0 aromatic heterocycles. The van der Waals surface area contributed by atoms with Gasteiger partial charge in [0.05, 0.1) is 6.61 Å². The minimum atomic E-state index is -0.801. The molecule has 0 aromatic carbocycles. The van der Waals surface area contributed by atoms with Crippen molar-refractivity contribution in [1.82, 2.24) is 0 Å². The Hall–Kier alpha value is -2.92. The second kappa shape index (κ2) is 40.5. The van der Waals surface area contributed by atoms with Gasteiger partial charge in [-0.25, -0.2) is 0 Å². The number of ether oxygens (including phenoxy) is 2. The molecule has 0 aromatic rings. The number of rotatable bonds is 35. The lowest BCUT2D eigenvalue weighted by molar-refractivity contribution is -0.161. The number of unbranched alkanes of at least 4 members (excludes halogenated alkanes) is 13. The Kier molecular flexibility index (Phi) is 38.1. The topological polar surface area (TPSA) is 72.8 Å². The van der Waals surface area contributed by atoms with Crippen LogP contribution in [-0.2, 0) is 19.1 Å². The van der Waals surface area contributed by atoms with Crippen LogP contribution in [0.15, 0.2) is 85.1 Å². The van der Waals surface area contributed by atoms with Crippen LogP contribution in [-0.4, -0.2) is 36.4 Å². The molecule has 0 rings (SSSR count). The molecule has 0 aliphatic rings. The third-order valence-corrected chi connectivity index (χ3v) is 8.17. The fourth-order valence-corrected chi connectivity index (χ4v) is 5.15. The first-order valence-electron chi connectivity index (χ1n) is 20.1. The highest BCUT2D eigenvalue weighted by molar-refractivity contribution is 5.70. The number of aliphatic hydroxyl groups is 1. The lowest BCUT2D eigenvalue weighted by Gasteiger charge is -2.15. The van der Waals surface area contributed by atoms with E-state index >= 15 is 0 Å². The van der Waals surface area contributed by atoms with Crippen molar-refractivity contribution in [3.8, 4) is 0 Å². The first-order valence-corrected chi connectivity index (χ1v) is 20.1. The Morgan fingerprint density at radius 1 is 0.480 bits per heavy atom. The molecule has 0 radical (unpaired) electrons. The van der Waals surface area contributed by atoms with E-state index in [-0.39, 0.29) is 25.2 Å². The number of allylic oxidation sites excluding steroid dienone is 14. The van der Waals surface area contributed by atoms with E-state index in [1.54, 1.807) is 0 Å². The van der Waals surface area contributed by atoms with Crippen molar-refractivity contribution in [2.75, 3.05) is 13.2 Å². The average Bonchev–Trinajstić information content (AvgIpc) is 3.12. The van der Waals surface area contributed by atoms with Gasteiger partial charge in [-0.3, -0.25) is 9.59 Å². The van der Waals surface area contributed by atoms with Gasteiger partial charge in [-0.05, 0) is 83.5 Å². The third kappa shape index (κ3) is 37.9. The van der Waals surface area contributed by atoms with Crippen molar-refractivity contribution in [3.05, 3.63) is 85.1 Å². The van der Waals surface area contributed by atoms with E-state index < -0.39 is 6.10 Å². The van der Waals surface area contributed by atoms with Gasteiger partial charge in [-0.2, -0.15) is 0 Å². The van der Waals surface area contributed by atoms with Crippen LogP contribution in [0.5, 0.6) is 0 Å². The highest BCUT2D eigenvalue weighted by Gasteiger charge is 2.16. The molecule has 0 fully saturated rings. The van der Waals surface area contributed by atoms with E-state index in [0.717, 1.165) is 64.2 Å². The van der Waals surface area contributed by atoms with Gasteiger partial charge < -0.3 is 14.6 Å². The zero-order chi connectivity index (χ0) is 36.4. The van der Waals surface area contributed by atoms with E-state index in [0.29, 0.717) is 19.3 Å². The molecule has 0 saturated heterocycles. The van der Waals surface area contributed by atoms with E-state index in [1.165, 1.54) is 70.6 Å². The minimum Gasteiger partial charge on any atom is -0.462 e. The molecule has 1 atom stereocenters. The highest BCUT2D eigenvalue weighted by atomic mass is 16.6. The third-order valence-electron chi connectivity index (χ3n) is 8.17. The number of hydrogen-bond acceptors (Lipinski definition) is 5. The summed E-state index contributed by atoms with van der Waals surface area (Å²) in [5.41, 5.74) is 0. The predicted octanol–water partition coefficient (Wildman–Crippen LogP) is 12.7. The van der Waals surface area contributed by atoms with Crippen LogP contribution in [0.3, 0.4) is 0 Å². The summed E-state index contributed by atoms with van der Waals surface area (Å²) < 4.78 is 10.6. The zero-order valence-corrected chi connectivity index (χ0v) is 32.1. The van der Waals surface area contributed by atoms with E-state index in [4.69, 9.17) is 9.47 Å². The van der Waals surface area contributed by atoms with Crippen LogP contribution in [0.2, 0.25) is 0 Å². The summed E-state index contributed by atoms with van der Waals surface area (Å²) in [7, 11) is 0. The molecule has 0 amide bonds. The fraction of sp³-hybridized carbons (Fsp3) is 0.644. The quantitative estimate of drug-likeness (QED) is 0.0406. The van der Waals surface area contributed by atoms with Crippen LogP contribution in [0.25, 0.3) is 0 Å². The van der Waals surface area contributed by atoms with Crippen molar-refractivity contribution < 1.29 is 24.2 Å². The summed E-state index contributed by atoms with van der Waals surface area (Å²) >= 11 is 0. The van der Waals surface area contributed by atoms with Crippen molar-refractivity contribution in [2.45, 2.75) is 174 Å². The molecule has 5 heteroatoms.